The van der Waals surface area contributed by atoms with E-state index in [1.54, 1.807) is 20.3 Å². The molecule has 35 heavy (non-hydrogen) atoms. The van der Waals surface area contributed by atoms with E-state index in [1.807, 2.05) is 24.3 Å². The number of ether oxygens (including phenoxy) is 1. The molecule has 0 amide bonds. The summed E-state index contributed by atoms with van der Waals surface area (Å²) < 4.78 is 8.84. The Hall–Kier alpha value is -3.33. The second kappa shape index (κ2) is 10.1. The maximum absolute atomic E-state index is 13.0. The minimum atomic E-state index is -0.452. The van der Waals surface area contributed by atoms with E-state index in [1.165, 1.54) is 10.9 Å². The third kappa shape index (κ3) is 4.77. The second-order valence-corrected chi connectivity index (χ2v) is 9.96. The maximum atomic E-state index is 13.0. The number of carbonyl (C=O) groups is 1. The van der Waals surface area contributed by atoms with Crippen LogP contribution in [-0.4, -0.2) is 24.9 Å². The fraction of sp³-hybridized carbons (Fsp3) is 0.423. The van der Waals surface area contributed by atoms with Crippen molar-refractivity contribution in [1.29, 1.82) is 0 Å². The second-order valence-electron chi connectivity index (χ2n) is 8.90. The first-order chi connectivity index (χ1) is 17.0. The summed E-state index contributed by atoms with van der Waals surface area (Å²) in [7, 11) is 0. The van der Waals surface area contributed by atoms with Gasteiger partial charge in [-0.25, -0.2) is 9.97 Å². The summed E-state index contributed by atoms with van der Waals surface area (Å²) in [5.74, 6) is -0.452. The van der Waals surface area contributed by atoms with Gasteiger partial charge in [-0.2, -0.15) is 0 Å². The highest BCUT2D eigenvalue weighted by Crippen LogP contribution is 2.28. The topological polar surface area (TPSA) is 95.6 Å². The number of fused-ring (bicyclic) bond motifs is 4. The number of benzene rings is 1. The van der Waals surface area contributed by atoms with Crippen LogP contribution in [0.3, 0.4) is 0 Å². The van der Waals surface area contributed by atoms with Crippen molar-refractivity contribution in [3.8, 4) is 0 Å². The van der Waals surface area contributed by atoms with Gasteiger partial charge in [-0.1, -0.05) is 25.5 Å². The lowest BCUT2D eigenvalue weighted by Gasteiger charge is -2.12. The molecule has 0 N–H and O–H groups in total. The van der Waals surface area contributed by atoms with Gasteiger partial charge in [0.2, 0.25) is 0 Å². The Kier molecular flexibility index (Phi) is 6.77. The van der Waals surface area contributed by atoms with Crippen LogP contribution < -0.4 is 11.1 Å². The van der Waals surface area contributed by atoms with Crippen LogP contribution in [-0.2, 0) is 41.9 Å². The molecule has 182 valence electrons. The minimum absolute atomic E-state index is 0.0306. The first-order valence-corrected chi connectivity index (χ1v) is 13.0. The van der Waals surface area contributed by atoms with Crippen LogP contribution in [0.5, 0.6) is 0 Å². The summed E-state index contributed by atoms with van der Waals surface area (Å²) in [4.78, 5) is 49.1. The first-order valence-electron chi connectivity index (χ1n) is 12.2. The number of thiazole rings is 1. The number of carbonyl (C=O) groups excluding carboxylic acids is 1. The van der Waals surface area contributed by atoms with Gasteiger partial charge in [-0.3, -0.25) is 18.8 Å². The molecule has 4 aromatic rings. The number of para-hydroxylation sites is 2. The highest BCUT2D eigenvalue weighted by Gasteiger charge is 2.19. The van der Waals surface area contributed by atoms with E-state index in [2.05, 4.69) is 16.9 Å². The smallest absolute Gasteiger partial charge is 0.306 e. The van der Waals surface area contributed by atoms with Crippen molar-refractivity contribution in [2.24, 2.45) is 0 Å². The zero-order chi connectivity index (χ0) is 24.4. The van der Waals surface area contributed by atoms with Gasteiger partial charge in [0.05, 0.1) is 23.1 Å². The quantitative estimate of drug-likeness (QED) is 0.347. The third-order valence-electron chi connectivity index (χ3n) is 6.42. The average Bonchev–Trinajstić information content (AvgIpc) is 3.25. The molecule has 3 heterocycles. The molecule has 0 aliphatic heterocycles. The molecule has 0 saturated heterocycles. The molecule has 0 radical (unpaired) electrons. The van der Waals surface area contributed by atoms with E-state index in [0.717, 1.165) is 55.3 Å². The van der Waals surface area contributed by atoms with Crippen molar-refractivity contribution in [1.82, 2.24) is 18.9 Å². The van der Waals surface area contributed by atoms with Gasteiger partial charge in [0, 0.05) is 29.6 Å². The SMILES string of the molecule is CCCCn1c(=O)c(CCC(=O)OCc2cc(=O)n3c4c(sc3n2)CCCC4)nc2ccccc21. The number of aromatic nitrogens is 4. The van der Waals surface area contributed by atoms with Gasteiger partial charge in [0.25, 0.3) is 11.1 Å². The molecule has 0 fully saturated rings. The fourth-order valence-electron chi connectivity index (χ4n) is 4.61. The van der Waals surface area contributed by atoms with E-state index in [9.17, 15) is 14.4 Å². The molecule has 0 saturated carbocycles. The predicted octanol–water partition coefficient (Wildman–Crippen LogP) is 3.82. The van der Waals surface area contributed by atoms with Crippen molar-refractivity contribution in [2.75, 3.05) is 0 Å². The average molecular weight is 493 g/mol. The molecule has 0 unspecified atom stereocenters. The van der Waals surface area contributed by atoms with Gasteiger partial charge >= 0.3 is 5.97 Å². The molecule has 9 heteroatoms. The summed E-state index contributed by atoms with van der Waals surface area (Å²) in [6.07, 6.45) is 6.19. The number of hydrogen-bond acceptors (Lipinski definition) is 7. The molecule has 3 aromatic heterocycles. The Morgan fingerprint density at radius 2 is 1.97 bits per heavy atom. The van der Waals surface area contributed by atoms with Crippen LogP contribution in [0.15, 0.2) is 39.9 Å². The summed E-state index contributed by atoms with van der Waals surface area (Å²) in [5.41, 5.74) is 3.12. The van der Waals surface area contributed by atoms with E-state index in [4.69, 9.17) is 4.74 Å². The van der Waals surface area contributed by atoms with Gasteiger partial charge in [0.15, 0.2) is 4.96 Å². The highest BCUT2D eigenvalue weighted by molar-refractivity contribution is 7.17. The Labute approximate surface area is 206 Å². The molecular formula is C26H28N4O4S. The van der Waals surface area contributed by atoms with Crippen molar-refractivity contribution in [2.45, 2.75) is 71.4 Å². The van der Waals surface area contributed by atoms with Crippen molar-refractivity contribution < 1.29 is 9.53 Å². The lowest BCUT2D eigenvalue weighted by Crippen LogP contribution is -2.26. The number of hydrogen-bond donors (Lipinski definition) is 0. The van der Waals surface area contributed by atoms with Gasteiger partial charge in [0.1, 0.15) is 12.3 Å². The van der Waals surface area contributed by atoms with E-state index in [-0.39, 0.29) is 30.6 Å². The zero-order valence-electron chi connectivity index (χ0n) is 19.8. The molecule has 0 atom stereocenters. The largest absolute Gasteiger partial charge is 0.459 e. The maximum Gasteiger partial charge on any atom is 0.306 e. The van der Waals surface area contributed by atoms with E-state index in [0.29, 0.717) is 22.9 Å². The van der Waals surface area contributed by atoms with Crippen molar-refractivity contribution >= 4 is 33.3 Å². The van der Waals surface area contributed by atoms with Crippen LogP contribution in [0.1, 0.15) is 61.0 Å². The molecule has 0 bridgehead atoms. The van der Waals surface area contributed by atoms with Gasteiger partial charge in [-0.05, 0) is 44.2 Å². The minimum Gasteiger partial charge on any atom is -0.459 e. The summed E-state index contributed by atoms with van der Waals surface area (Å²) in [6.45, 7) is 2.63. The van der Waals surface area contributed by atoms with Crippen LogP contribution in [0.25, 0.3) is 16.0 Å². The predicted molar refractivity (Wildman–Crippen MR) is 135 cm³/mol. The Balaban J connectivity index is 1.27. The third-order valence-corrected chi connectivity index (χ3v) is 7.56. The van der Waals surface area contributed by atoms with Gasteiger partial charge < -0.3 is 9.30 Å². The Morgan fingerprint density at radius 1 is 1.14 bits per heavy atom. The molecular weight excluding hydrogens is 464 g/mol. The zero-order valence-corrected chi connectivity index (χ0v) is 20.6. The van der Waals surface area contributed by atoms with Crippen LogP contribution in [0.2, 0.25) is 0 Å². The lowest BCUT2D eigenvalue weighted by molar-refractivity contribution is -0.145. The first kappa shape index (κ1) is 23.4. The van der Waals surface area contributed by atoms with E-state index >= 15 is 0 Å². The number of nitrogens with zero attached hydrogens (tertiary/aromatic N) is 4. The number of rotatable bonds is 8. The number of esters is 1. The van der Waals surface area contributed by atoms with Crippen LogP contribution in [0.4, 0.5) is 0 Å². The summed E-state index contributed by atoms with van der Waals surface area (Å²) >= 11 is 1.55. The molecule has 1 aromatic carbocycles. The molecule has 5 rings (SSSR count). The lowest BCUT2D eigenvalue weighted by atomic mass is 10.0. The molecule has 1 aliphatic carbocycles. The summed E-state index contributed by atoms with van der Waals surface area (Å²) in [5, 5.41) is 0. The monoisotopic (exact) mass is 492 g/mol. The molecule has 1 aliphatic rings. The fourth-order valence-corrected chi connectivity index (χ4v) is 5.84. The Bertz CT molecular complexity index is 1520. The standard InChI is InChI=1S/C26H28N4O4S/c1-2-3-14-29-20-9-5-4-8-18(20)28-19(25(29)33)12-13-24(32)34-16-17-15-23(31)30-21-10-6-7-11-22(21)35-26(30)27-17/h4-5,8-9,15H,2-3,6-7,10-14,16H2,1H3. The van der Waals surface area contributed by atoms with Crippen molar-refractivity contribution in [3.63, 3.8) is 0 Å². The highest BCUT2D eigenvalue weighted by atomic mass is 32.1. The normalized spacial score (nSPS) is 13.3. The van der Waals surface area contributed by atoms with Crippen LogP contribution >= 0.6 is 11.3 Å². The van der Waals surface area contributed by atoms with Crippen LogP contribution in [0, 0.1) is 0 Å². The van der Waals surface area contributed by atoms with Gasteiger partial charge in [-0.15, -0.1) is 11.3 Å². The number of aryl methyl sites for hydroxylation is 4. The molecule has 8 nitrogen and oxygen atoms in total. The molecule has 0 spiro atoms. The van der Waals surface area contributed by atoms with E-state index < -0.39 is 5.97 Å². The number of unbranched alkanes of at least 4 members (excludes halogenated alkanes) is 1. The van der Waals surface area contributed by atoms with Crippen molar-refractivity contribution in [3.05, 3.63) is 73.0 Å². The Morgan fingerprint density at radius 3 is 2.83 bits per heavy atom. The summed E-state index contributed by atoms with van der Waals surface area (Å²) in [6, 6.07) is 9.00.